The maximum atomic E-state index is 13.2. The Balaban J connectivity index is 1.54. The molecule has 1 aliphatic rings. The van der Waals surface area contributed by atoms with Crippen molar-refractivity contribution in [3.8, 4) is 11.5 Å². The number of rotatable bonds is 6. The zero-order valence-corrected chi connectivity index (χ0v) is 19.1. The number of aryl methyl sites for hydroxylation is 1. The molecule has 2 aromatic carbocycles. The van der Waals surface area contributed by atoms with E-state index in [2.05, 4.69) is 16.3 Å². The number of fused-ring (bicyclic) bond motifs is 2. The molecule has 172 valence electrons. The molecule has 5 rings (SSSR count). The van der Waals surface area contributed by atoms with Crippen LogP contribution in [0.5, 0.6) is 11.5 Å². The van der Waals surface area contributed by atoms with Crippen LogP contribution in [-0.4, -0.2) is 35.4 Å². The molecule has 2 heterocycles. The summed E-state index contributed by atoms with van der Waals surface area (Å²) in [6.07, 6.45) is 3.53. The maximum Gasteiger partial charge on any atom is 0.339 e. The minimum Gasteiger partial charge on any atom is -0.493 e. The molecule has 0 saturated carbocycles. The van der Waals surface area contributed by atoms with E-state index >= 15 is 0 Å². The van der Waals surface area contributed by atoms with Crippen LogP contribution in [0.3, 0.4) is 0 Å². The lowest BCUT2D eigenvalue weighted by molar-refractivity contribution is 0.0438. The first-order chi connectivity index (χ1) is 16.6. The summed E-state index contributed by atoms with van der Waals surface area (Å²) in [7, 11) is 3.22. The Bertz CT molecular complexity index is 1420. The minimum atomic E-state index is -0.432. The number of carbonyl (C=O) groups excluding carboxylic acids is 1. The summed E-state index contributed by atoms with van der Waals surface area (Å²) in [6.45, 7) is 1.60. The van der Waals surface area contributed by atoms with Crippen LogP contribution in [-0.2, 0) is 17.8 Å². The predicted molar refractivity (Wildman–Crippen MR) is 126 cm³/mol. The third-order valence-electron chi connectivity index (χ3n) is 5.79. The van der Waals surface area contributed by atoms with Crippen molar-refractivity contribution < 1.29 is 23.4 Å². The van der Waals surface area contributed by atoms with Gasteiger partial charge >= 0.3 is 5.97 Å². The van der Waals surface area contributed by atoms with Crippen molar-refractivity contribution in [2.45, 2.75) is 26.4 Å². The van der Waals surface area contributed by atoms with Gasteiger partial charge in [0.25, 0.3) is 5.89 Å². The van der Waals surface area contributed by atoms with E-state index in [1.54, 1.807) is 21.1 Å². The molecule has 0 spiro atoms. The van der Waals surface area contributed by atoms with Crippen molar-refractivity contribution in [3.63, 3.8) is 0 Å². The first-order valence-electron chi connectivity index (χ1n) is 10.9. The SMILES string of the molecule is COc1ccc(/C=C2/CCc3c2nc2ccccc2c3C(=O)OCc2nnc(C)o2)cc1OC. The van der Waals surface area contributed by atoms with Gasteiger partial charge in [0.1, 0.15) is 0 Å². The van der Waals surface area contributed by atoms with Crippen molar-refractivity contribution in [2.24, 2.45) is 0 Å². The van der Waals surface area contributed by atoms with Crippen molar-refractivity contribution >= 4 is 28.5 Å². The number of nitrogens with zero attached hydrogens (tertiary/aromatic N) is 3. The number of para-hydroxylation sites is 1. The fourth-order valence-electron chi connectivity index (χ4n) is 4.25. The van der Waals surface area contributed by atoms with Gasteiger partial charge in [0, 0.05) is 12.3 Å². The topological polar surface area (TPSA) is 96.6 Å². The fourth-order valence-corrected chi connectivity index (χ4v) is 4.25. The molecule has 4 aromatic rings. The van der Waals surface area contributed by atoms with Crippen LogP contribution in [0.25, 0.3) is 22.6 Å². The summed E-state index contributed by atoms with van der Waals surface area (Å²) < 4.78 is 21.7. The van der Waals surface area contributed by atoms with E-state index in [1.807, 2.05) is 42.5 Å². The van der Waals surface area contributed by atoms with E-state index in [1.165, 1.54) is 0 Å². The monoisotopic (exact) mass is 457 g/mol. The summed E-state index contributed by atoms with van der Waals surface area (Å²) >= 11 is 0. The number of aromatic nitrogens is 3. The molecule has 0 amide bonds. The molecule has 0 fully saturated rings. The van der Waals surface area contributed by atoms with Gasteiger partial charge in [0.2, 0.25) is 5.89 Å². The number of allylic oxidation sites excluding steroid dienone is 1. The molecule has 34 heavy (non-hydrogen) atoms. The third-order valence-corrected chi connectivity index (χ3v) is 5.79. The molecular weight excluding hydrogens is 434 g/mol. The molecule has 0 N–H and O–H groups in total. The van der Waals surface area contributed by atoms with Crippen molar-refractivity contribution in [3.05, 3.63) is 76.6 Å². The predicted octanol–water partition coefficient (Wildman–Crippen LogP) is 4.79. The largest absolute Gasteiger partial charge is 0.493 e. The molecule has 8 heteroatoms. The molecule has 0 bridgehead atoms. The number of hydrogen-bond donors (Lipinski definition) is 0. The summed E-state index contributed by atoms with van der Waals surface area (Å²) in [4.78, 5) is 18.1. The highest BCUT2D eigenvalue weighted by molar-refractivity contribution is 6.07. The molecule has 0 atom stereocenters. The van der Waals surface area contributed by atoms with Gasteiger partial charge in [-0.1, -0.05) is 24.3 Å². The number of hydrogen-bond acceptors (Lipinski definition) is 8. The van der Waals surface area contributed by atoms with Crippen LogP contribution in [0.2, 0.25) is 0 Å². The second kappa shape index (κ2) is 8.97. The zero-order valence-electron chi connectivity index (χ0n) is 19.1. The van der Waals surface area contributed by atoms with Gasteiger partial charge in [0.05, 0.1) is 31.0 Å². The number of methoxy groups -OCH3 is 2. The highest BCUT2D eigenvalue weighted by Crippen LogP contribution is 2.38. The Morgan fingerprint density at radius 1 is 1.06 bits per heavy atom. The van der Waals surface area contributed by atoms with Gasteiger partial charge < -0.3 is 18.6 Å². The zero-order chi connectivity index (χ0) is 23.7. The smallest absolute Gasteiger partial charge is 0.339 e. The summed E-state index contributed by atoms with van der Waals surface area (Å²) in [6, 6.07) is 13.4. The second-order valence-electron chi connectivity index (χ2n) is 7.91. The van der Waals surface area contributed by atoms with Crippen molar-refractivity contribution in [1.29, 1.82) is 0 Å². The Kier molecular flexibility index (Phi) is 5.71. The molecule has 0 saturated heterocycles. The van der Waals surface area contributed by atoms with Gasteiger partial charge in [-0.25, -0.2) is 9.78 Å². The highest BCUT2D eigenvalue weighted by atomic mass is 16.5. The lowest BCUT2D eigenvalue weighted by atomic mass is 10.0. The Morgan fingerprint density at radius 2 is 1.88 bits per heavy atom. The van der Waals surface area contributed by atoms with Crippen LogP contribution >= 0.6 is 0 Å². The Morgan fingerprint density at radius 3 is 2.65 bits per heavy atom. The van der Waals surface area contributed by atoms with Gasteiger partial charge in [0.15, 0.2) is 18.1 Å². The third kappa shape index (κ3) is 3.98. The van der Waals surface area contributed by atoms with Gasteiger partial charge in [-0.05, 0) is 53.8 Å². The van der Waals surface area contributed by atoms with E-state index < -0.39 is 5.97 Å². The standard InChI is InChI=1S/C26H23N3O5/c1-15-28-29-23(34-15)14-33-26(30)24-18-6-4-5-7-20(18)27-25-17(9-10-19(24)25)12-16-8-11-21(31-2)22(13-16)32-3/h4-8,11-13H,9-10,14H2,1-3H3/b17-12-. The molecular formula is C26H23N3O5. The quantitative estimate of drug-likeness (QED) is 0.382. The Hall–Kier alpha value is -4.20. The van der Waals surface area contributed by atoms with Gasteiger partial charge in [-0.15, -0.1) is 10.2 Å². The minimum absolute atomic E-state index is 0.0839. The van der Waals surface area contributed by atoms with E-state index in [0.717, 1.165) is 39.7 Å². The molecule has 0 unspecified atom stereocenters. The maximum absolute atomic E-state index is 13.2. The average Bonchev–Trinajstić information content (AvgIpc) is 3.46. The number of benzene rings is 2. The number of esters is 1. The van der Waals surface area contributed by atoms with E-state index in [0.29, 0.717) is 29.4 Å². The molecule has 0 radical (unpaired) electrons. The van der Waals surface area contributed by atoms with Crippen LogP contribution < -0.4 is 9.47 Å². The molecule has 2 aromatic heterocycles. The first-order valence-corrected chi connectivity index (χ1v) is 10.9. The van der Waals surface area contributed by atoms with Crippen molar-refractivity contribution in [1.82, 2.24) is 15.2 Å². The van der Waals surface area contributed by atoms with E-state index in [-0.39, 0.29) is 12.5 Å². The number of pyridine rings is 1. The summed E-state index contributed by atoms with van der Waals surface area (Å²) in [5, 5.41) is 8.44. The van der Waals surface area contributed by atoms with E-state index in [4.69, 9.17) is 23.6 Å². The summed E-state index contributed by atoms with van der Waals surface area (Å²) in [5.41, 5.74) is 4.99. The summed E-state index contributed by atoms with van der Waals surface area (Å²) in [5.74, 6) is 1.57. The highest BCUT2D eigenvalue weighted by Gasteiger charge is 2.28. The molecule has 0 aliphatic heterocycles. The lowest BCUT2D eigenvalue weighted by Gasteiger charge is -2.12. The van der Waals surface area contributed by atoms with Crippen molar-refractivity contribution in [2.75, 3.05) is 14.2 Å². The van der Waals surface area contributed by atoms with Gasteiger partial charge in [-0.2, -0.15) is 0 Å². The normalized spacial score (nSPS) is 13.8. The molecule has 8 nitrogen and oxygen atoms in total. The second-order valence-corrected chi connectivity index (χ2v) is 7.91. The van der Waals surface area contributed by atoms with Gasteiger partial charge in [-0.3, -0.25) is 0 Å². The van der Waals surface area contributed by atoms with Crippen LogP contribution in [0.15, 0.2) is 46.9 Å². The van der Waals surface area contributed by atoms with Crippen LogP contribution in [0, 0.1) is 6.92 Å². The van der Waals surface area contributed by atoms with E-state index in [9.17, 15) is 4.79 Å². The number of ether oxygens (including phenoxy) is 3. The Labute approximate surface area is 196 Å². The molecule has 1 aliphatic carbocycles. The lowest BCUT2D eigenvalue weighted by Crippen LogP contribution is -2.10. The van der Waals surface area contributed by atoms with Crippen LogP contribution in [0.1, 0.15) is 45.4 Å². The number of carbonyl (C=O) groups is 1. The fraction of sp³-hybridized carbons (Fsp3) is 0.231. The first kappa shape index (κ1) is 21.6. The van der Waals surface area contributed by atoms with Crippen LogP contribution in [0.4, 0.5) is 0 Å². The average molecular weight is 457 g/mol.